The van der Waals surface area contributed by atoms with Crippen LogP contribution in [0, 0.1) is 5.41 Å². The van der Waals surface area contributed by atoms with Crippen molar-refractivity contribution >= 4 is 0 Å². The second kappa shape index (κ2) is 4.06. The first-order valence-corrected chi connectivity index (χ1v) is 6.07. The van der Waals surface area contributed by atoms with Crippen molar-refractivity contribution in [1.82, 2.24) is 9.80 Å². The van der Waals surface area contributed by atoms with Crippen LogP contribution >= 0.6 is 0 Å². The van der Waals surface area contributed by atoms with E-state index in [0.29, 0.717) is 17.0 Å². The number of hydrogen-bond acceptors (Lipinski definition) is 2. The molecule has 1 rings (SSSR count). The first-order chi connectivity index (χ1) is 6.62. The maximum atomic E-state index is 2.67. The second-order valence-corrected chi connectivity index (χ2v) is 7.01. The third-order valence-corrected chi connectivity index (χ3v) is 3.44. The molecule has 0 N–H and O–H groups in total. The monoisotopic (exact) mass is 212 g/mol. The van der Waals surface area contributed by atoms with Gasteiger partial charge >= 0.3 is 0 Å². The van der Waals surface area contributed by atoms with Gasteiger partial charge in [-0.3, -0.25) is 4.90 Å². The van der Waals surface area contributed by atoms with Crippen molar-refractivity contribution < 1.29 is 0 Å². The summed E-state index contributed by atoms with van der Waals surface area (Å²) in [5.74, 6) is 0. The molecule has 0 aliphatic carbocycles. The molecule has 0 radical (unpaired) electrons. The van der Waals surface area contributed by atoms with Crippen LogP contribution in [0.25, 0.3) is 0 Å². The summed E-state index contributed by atoms with van der Waals surface area (Å²) >= 11 is 0. The average Bonchev–Trinajstić information content (AvgIpc) is 2.00. The molecule has 1 aliphatic heterocycles. The van der Waals surface area contributed by atoms with E-state index in [4.69, 9.17) is 0 Å². The summed E-state index contributed by atoms with van der Waals surface area (Å²) in [5, 5.41) is 0. The largest absolute Gasteiger partial charge is 0.304 e. The van der Waals surface area contributed by atoms with E-state index in [2.05, 4.69) is 58.4 Å². The van der Waals surface area contributed by atoms with Crippen molar-refractivity contribution in [3.05, 3.63) is 0 Å². The van der Waals surface area contributed by atoms with E-state index in [0.717, 1.165) is 0 Å². The molecule has 0 aromatic carbocycles. The zero-order valence-corrected chi connectivity index (χ0v) is 11.6. The van der Waals surface area contributed by atoms with Gasteiger partial charge in [0.15, 0.2) is 0 Å². The van der Waals surface area contributed by atoms with Gasteiger partial charge in [-0.15, -0.1) is 0 Å². The molecule has 0 aromatic heterocycles. The Labute approximate surface area is 95.6 Å². The van der Waals surface area contributed by atoms with Gasteiger partial charge in [-0.2, -0.15) is 0 Å². The standard InChI is InChI=1S/C13H28N2/c1-12(2,3)11-10-14(7)8-9-15(11)13(4,5)6/h11H,8-10H2,1-7H3. The number of hydrogen-bond donors (Lipinski definition) is 0. The molecule has 1 unspecified atom stereocenters. The van der Waals surface area contributed by atoms with Crippen molar-refractivity contribution in [3.63, 3.8) is 0 Å². The summed E-state index contributed by atoms with van der Waals surface area (Å²) in [6, 6.07) is 0.663. The van der Waals surface area contributed by atoms with Crippen LogP contribution in [-0.2, 0) is 0 Å². The Balaban J connectivity index is 2.85. The van der Waals surface area contributed by atoms with Crippen LogP contribution in [0.1, 0.15) is 41.5 Å². The van der Waals surface area contributed by atoms with Crippen LogP contribution in [0.15, 0.2) is 0 Å². The minimum Gasteiger partial charge on any atom is -0.304 e. The van der Waals surface area contributed by atoms with E-state index in [1.54, 1.807) is 0 Å². The third kappa shape index (κ3) is 3.18. The summed E-state index contributed by atoms with van der Waals surface area (Å²) in [6.45, 7) is 17.7. The molecule has 0 bridgehead atoms. The SMILES string of the molecule is CN1CCN(C(C)(C)C)C(C(C)(C)C)C1. The highest BCUT2D eigenvalue weighted by molar-refractivity contribution is 4.94. The lowest BCUT2D eigenvalue weighted by molar-refractivity contribution is -0.0296. The van der Waals surface area contributed by atoms with Crippen molar-refractivity contribution in [2.75, 3.05) is 26.7 Å². The lowest BCUT2D eigenvalue weighted by atomic mass is 9.82. The molecule has 2 nitrogen and oxygen atoms in total. The van der Waals surface area contributed by atoms with Gasteiger partial charge in [0.2, 0.25) is 0 Å². The fourth-order valence-electron chi connectivity index (χ4n) is 2.46. The van der Waals surface area contributed by atoms with Crippen molar-refractivity contribution in [1.29, 1.82) is 0 Å². The molecule has 0 aromatic rings. The van der Waals surface area contributed by atoms with Crippen molar-refractivity contribution in [2.24, 2.45) is 5.41 Å². The number of likely N-dealkylation sites (N-methyl/N-ethyl adjacent to an activating group) is 1. The summed E-state index contributed by atoms with van der Waals surface area (Å²) in [5.41, 5.74) is 0.654. The third-order valence-electron chi connectivity index (χ3n) is 3.44. The van der Waals surface area contributed by atoms with Crippen molar-refractivity contribution in [3.8, 4) is 0 Å². The number of nitrogens with zero attached hydrogens (tertiary/aromatic N) is 2. The van der Waals surface area contributed by atoms with E-state index in [1.165, 1.54) is 19.6 Å². The second-order valence-electron chi connectivity index (χ2n) is 7.01. The highest BCUT2D eigenvalue weighted by atomic mass is 15.3. The number of piperazine rings is 1. The molecule has 0 saturated carbocycles. The van der Waals surface area contributed by atoms with Gasteiger partial charge in [-0.1, -0.05) is 20.8 Å². The molecular formula is C13H28N2. The summed E-state index contributed by atoms with van der Waals surface area (Å²) < 4.78 is 0. The van der Waals surface area contributed by atoms with Crippen LogP contribution in [0.5, 0.6) is 0 Å². The van der Waals surface area contributed by atoms with Gasteiger partial charge in [-0.05, 0) is 33.2 Å². The number of rotatable bonds is 0. The molecular weight excluding hydrogens is 184 g/mol. The van der Waals surface area contributed by atoms with E-state index >= 15 is 0 Å². The molecule has 2 heteroatoms. The van der Waals surface area contributed by atoms with Gasteiger partial charge in [0.1, 0.15) is 0 Å². The lowest BCUT2D eigenvalue weighted by Crippen LogP contribution is -2.62. The van der Waals surface area contributed by atoms with E-state index in [9.17, 15) is 0 Å². The predicted octanol–water partition coefficient (Wildman–Crippen LogP) is 2.45. The maximum absolute atomic E-state index is 2.67. The van der Waals surface area contributed by atoms with E-state index < -0.39 is 0 Å². The molecule has 0 amide bonds. The molecule has 1 heterocycles. The minimum absolute atomic E-state index is 0.291. The van der Waals surface area contributed by atoms with Crippen molar-refractivity contribution in [2.45, 2.75) is 53.1 Å². The lowest BCUT2D eigenvalue weighted by Gasteiger charge is -2.52. The van der Waals surface area contributed by atoms with Gasteiger partial charge in [0, 0.05) is 31.2 Å². The summed E-state index contributed by atoms with van der Waals surface area (Å²) in [6.07, 6.45) is 0. The Kier molecular flexibility index (Phi) is 3.52. The van der Waals surface area contributed by atoms with Gasteiger partial charge in [0.05, 0.1) is 0 Å². The van der Waals surface area contributed by atoms with Crippen LogP contribution in [0.2, 0.25) is 0 Å². The first kappa shape index (κ1) is 13.0. The fraction of sp³-hybridized carbons (Fsp3) is 1.00. The molecule has 1 atom stereocenters. The first-order valence-electron chi connectivity index (χ1n) is 6.07. The van der Waals surface area contributed by atoms with Crippen LogP contribution in [0.4, 0.5) is 0 Å². The predicted molar refractivity (Wildman–Crippen MR) is 67.2 cm³/mol. The molecule has 1 aliphatic rings. The van der Waals surface area contributed by atoms with Crippen LogP contribution < -0.4 is 0 Å². The van der Waals surface area contributed by atoms with Gasteiger partial charge < -0.3 is 4.90 Å². The topological polar surface area (TPSA) is 6.48 Å². The van der Waals surface area contributed by atoms with E-state index in [1.807, 2.05) is 0 Å². The van der Waals surface area contributed by atoms with Crippen LogP contribution in [0.3, 0.4) is 0 Å². The molecule has 1 fully saturated rings. The Morgan fingerprint density at radius 1 is 0.933 bits per heavy atom. The van der Waals surface area contributed by atoms with E-state index in [-0.39, 0.29) is 0 Å². The van der Waals surface area contributed by atoms with Gasteiger partial charge in [0.25, 0.3) is 0 Å². The smallest absolute Gasteiger partial charge is 0.0277 e. The summed E-state index contributed by atoms with van der Waals surface area (Å²) in [4.78, 5) is 5.13. The normalized spacial score (nSPS) is 27.0. The maximum Gasteiger partial charge on any atom is 0.0277 e. The molecule has 1 saturated heterocycles. The fourth-order valence-corrected chi connectivity index (χ4v) is 2.46. The van der Waals surface area contributed by atoms with Gasteiger partial charge in [-0.25, -0.2) is 0 Å². The minimum atomic E-state index is 0.291. The molecule has 15 heavy (non-hydrogen) atoms. The zero-order valence-electron chi connectivity index (χ0n) is 11.6. The summed E-state index contributed by atoms with van der Waals surface area (Å²) in [7, 11) is 2.23. The Bertz CT molecular complexity index is 210. The Hall–Kier alpha value is -0.0800. The Morgan fingerprint density at radius 2 is 1.47 bits per heavy atom. The highest BCUT2D eigenvalue weighted by Gasteiger charge is 2.38. The highest BCUT2D eigenvalue weighted by Crippen LogP contribution is 2.31. The average molecular weight is 212 g/mol. The Morgan fingerprint density at radius 3 is 1.87 bits per heavy atom. The zero-order chi connectivity index (χ0) is 11.9. The van der Waals surface area contributed by atoms with Crippen LogP contribution in [-0.4, -0.2) is 48.1 Å². The quantitative estimate of drug-likeness (QED) is 0.608. The molecule has 90 valence electrons. The molecule has 0 spiro atoms.